The molecule has 2 aromatic rings. The van der Waals surface area contributed by atoms with E-state index in [4.69, 9.17) is 4.74 Å². The minimum atomic E-state index is -4.49. The van der Waals surface area contributed by atoms with E-state index in [1.165, 1.54) is 30.5 Å². The van der Waals surface area contributed by atoms with Crippen molar-refractivity contribution in [2.45, 2.75) is 32.2 Å². The number of benzene rings is 1. The van der Waals surface area contributed by atoms with Gasteiger partial charge in [0, 0.05) is 18.8 Å². The van der Waals surface area contributed by atoms with Crippen LogP contribution in [0, 0.1) is 5.82 Å². The lowest BCUT2D eigenvalue weighted by Crippen LogP contribution is -2.31. The molecule has 0 saturated heterocycles. The molecule has 0 bridgehead atoms. The summed E-state index contributed by atoms with van der Waals surface area (Å²) in [5.41, 5.74) is 1.06. The number of alkyl halides is 3. The van der Waals surface area contributed by atoms with E-state index in [1.54, 1.807) is 12.1 Å². The first kappa shape index (κ1) is 18.7. The summed E-state index contributed by atoms with van der Waals surface area (Å²) in [4.78, 5) is 15.6. The highest BCUT2D eigenvalue weighted by atomic mass is 19.4. The van der Waals surface area contributed by atoms with Gasteiger partial charge in [-0.05, 0) is 36.2 Å². The highest BCUT2D eigenvalue weighted by molar-refractivity contribution is 5.78. The fraction of sp³-hybridized carbons (Fsp3) is 0.294. The number of halogens is 4. The SMILES string of the molecule is C[C@H](Oc1cc(CNC(=O)Cc2cccc(F)c2)ccn1)C(F)(F)F. The summed E-state index contributed by atoms with van der Waals surface area (Å²) in [6.45, 7) is 0.975. The lowest BCUT2D eigenvalue weighted by molar-refractivity contribution is -0.190. The average Bonchev–Trinajstić information content (AvgIpc) is 2.52. The molecule has 0 spiro atoms. The fourth-order valence-electron chi connectivity index (χ4n) is 1.97. The molecule has 1 atom stereocenters. The Morgan fingerprint density at radius 1 is 1.24 bits per heavy atom. The van der Waals surface area contributed by atoms with Gasteiger partial charge in [-0.3, -0.25) is 4.79 Å². The summed E-state index contributed by atoms with van der Waals surface area (Å²) in [5.74, 6) is -0.949. The average molecular weight is 356 g/mol. The molecule has 0 aliphatic carbocycles. The summed E-state index contributed by atoms with van der Waals surface area (Å²) in [5, 5.41) is 2.61. The van der Waals surface area contributed by atoms with E-state index in [1.807, 2.05) is 0 Å². The van der Waals surface area contributed by atoms with Crippen molar-refractivity contribution in [2.24, 2.45) is 0 Å². The lowest BCUT2D eigenvalue weighted by Gasteiger charge is -2.17. The van der Waals surface area contributed by atoms with Gasteiger partial charge in [-0.15, -0.1) is 0 Å². The molecule has 0 aliphatic rings. The third-order valence-corrected chi connectivity index (χ3v) is 3.30. The van der Waals surface area contributed by atoms with Crippen molar-refractivity contribution in [1.82, 2.24) is 10.3 Å². The topological polar surface area (TPSA) is 51.2 Å². The van der Waals surface area contributed by atoms with Crippen LogP contribution in [0.2, 0.25) is 0 Å². The Balaban J connectivity index is 1.90. The predicted molar refractivity (Wildman–Crippen MR) is 82.3 cm³/mol. The third-order valence-electron chi connectivity index (χ3n) is 3.30. The van der Waals surface area contributed by atoms with E-state index >= 15 is 0 Å². The molecule has 1 aromatic carbocycles. The Morgan fingerprint density at radius 2 is 2.00 bits per heavy atom. The molecule has 0 radical (unpaired) electrons. The molecule has 8 heteroatoms. The molecule has 25 heavy (non-hydrogen) atoms. The maximum absolute atomic E-state index is 13.1. The number of rotatable bonds is 6. The standard InChI is InChI=1S/C17H16F4N2O2/c1-11(17(19,20)21)25-16-9-13(5-6-22-16)10-23-15(24)8-12-3-2-4-14(18)7-12/h2-7,9,11H,8,10H2,1H3,(H,23,24)/t11-/m0/s1. The zero-order valence-corrected chi connectivity index (χ0v) is 13.3. The second-order valence-corrected chi connectivity index (χ2v) is 5.39. The van der Waals surface area contributed by atoms with Crippen LogP contribution in [-0.2, 0) is 17.8 Å². The van der Waals surface area contributed by atoms with E-state index in [9.17, 15) is 22.4 Å². The summed E-state index contributed by atoms with van der Waals surface area (Å²) in [6, 6.07) is 8.54. The van der Waals surface area contributed by atoms with Crippen LogP contribution < -0.4 is 10.1 Å². The number of amides is 1. The Labute approximate surface area is 141 Å². The van der Waals surface area contributed by atoms with Gasteiger partial charge in [0.05, 0.1) is 6.42 Å². The number of ether oxygens (including phenoxy) is 1. The summed E-state index contributed by atoms with van der Waals surface area (Å²) in [6.07, 6.45) is -5.18. The number of nitrogens with zero attached hydrogens (tertiary/aromatic N) is 1. The monoisotopic (exact) mass is 356 g/mol. The number of aromatic nitrogens is 1. The molecule has 1 aromatic heterocycles. The first-order valence-electron chi connectivity index (χ1n) is 7.43. The molecule has 0 aliphatic heterocycles. The molecule has 0 unspecified atom stereocenters. The molecule has 0 fully saturated rings. The fourth-order valence-corrected chi connectivity index (χ4v) is 1.97. The minimum absolute atomic E-state index is 0.00267. The van der Waals surface area contributed by atoms with Crippen molar-refractivity contribution in [1.29, 1.82) is 0 Å². The molecule has 1 N–H and O–H groups in total. The smallest absolute Gasteiger partial charge is 0.425 e. The van der Waals surface area contributed by atoms with Gasteiger partial charge in [-0.1, -0.05) is 12.1 Å². The zero-order chi connectivity index (χ0) is 18.4. The van der Waals surface area contributed by atoms with Crippen LogP contribution in [0.25, 0.3) is 0 Å². The third kappa shape index (κ3) is 6.06. The highest BCUT2D eigenvalue weighted by Gasteiger charge is 2.38. The Hall–Kier alpha value is -2.64. The normalized spacial score (nSPS) is 12.5. The van der Waals surface area contributed by atoms with Crippen molar-refractivity contribution < 1.29 is 27.1 Å². The number of hydrogen-bond acceptors (Lipinski definition) is 3. The van der Waals surface area contributed by atoms with Gasteiger partial charge >= 0.3 is 6.18 Å². The van der Waals surface area contributed by atoms with Gasteiger partial charge in [-0.2, -0.15) is 13.2 Å². The predicted octanol–water partition coefficient (Wildman–Crippen LogP) is 3.41. The van der Waals surface area contributed by atoms with Crippen LogP contribution in [0.3, 0.4) is 0 Å². The van der Waals surface area contributed by atoms with Crippen molar-refractivity contribution in [2.75, 3.05) is 0 Å². The van der Waals surface area contributed by atoms with Gasteiger partial charge in [-0.25, -0.2) is 9.37 Å². The summed E-state index contributed by atoms with van der Waals surface area (Å²) >= 11 is 0. The Kier molecular flexibility index (Phi) is 5.95. The second-order valence-electron chi connectivity index (χ2n) is 5.39. The van der Waals surface area contributed by atoms with Crippen LogP contribution in [-0.4, -0.2) is 23.2 Å². The van der Waals surface area contributed by atoms with Crippen molar-refractivity contribution in [3.8, 4) is 5.88 Å². The second kappa shape index (κ2) is 7.96. The van der Waals surface area contributed by atoms with Crippen LogP contribution in [0.4, 0.5) is 17.6 Å². The molecular weight excluding hydrogens is 340 g/mol. The first-order valence-corrected chi connectivity index (χ1v) is 7.43. The van der Waals surface area contributed by atoms with Gasteiger partial charge in [0.1, 0.15) is 5.82 Å². The number of carbonyl (C=O) groups is 1. The van der Waals surface area contributed by atoms with Gasteiger partial charge in [0.2, 0.25) is 11.8 Å². The van der Waals surface area contributed by atoms with Gasteiger partial charge in [0.15, 0.2) is 6.10 Å². The zero-order valence-electron chi connectivity index (χ0n) is 13.3. The quantitative estimate of drug-likeness (QED) is 0.807. The first-order chi connectivity index (χ1) is 11.7. The van der Waals surface area contributed by atoms with Gasteiger partial charge in [0.25, 0.3) is 0 Å². The van der Waals surface area contributed by atoms with E-state index in [0.29, 0.717) is 11.1 Å². The van der Waals surface area contributed by atoms with Crippen LogP contribution in [0.15, 0.2) is 42.6 Å². The number of carbonyl (C=O) groups excluding carboxylic acids is 1. The van der Waals surface area contributed by atoms with Crippen LogP contribution >= 0.6 is 0 Å². The lowest BCUT2D eigenvalue weighted by atomic mass is 10.1. The van der Waals surface area contributed by atoms with Crippen LogP contribution in [0.5, 0.6) is 5.88 Å². The molecule has 0 saturated carbocycles. The maximum atomic E-state index is 13.1. The Morgan fingerprint density at radius 3 is 2.68 bits per heavy atom. The van der Waals surface area contributed by atoms with Gasteiger partial charge < -0.3 is 10.1 Å². The Bertz CT molecular complexity index is 735. The highest BCUT2D eigenvalue weighted by Crippen LogP contribution is 2.24. The number of nitrogens with one attached hydrogen (secondary N) is 1. The van der Waals surface area contributed by atoms with E-state index in [0.717, 1.165) is 6.92 Å². The molecule has 1 heterocycles. The number of pyridine rings is 1. The van der Waals surface area contributed by atoms with E-state index < -0.39 is 18.1 Å². The largest absolute Gasteiger partial charge is 0.465 e. The van der Waals surface area contributed by atoms with Crippen molar-refractivity contribution >= 4 is 5.91 Å². The molecule has 4 nitrogen and oxygen atoms in total. The van der Waals surface area contributed by atoms with Crippen molar-refractivity contribution in [3.05, 3.63) is 59.5 Å². The molecule has 134 valence electrons. The minimum Gasteiger partial charge on any atom is -0.465 e. The van der Waals surface area contributed by atoms with E-state index in [2.05, 4.69) is 10.3 Å². The van der Waals surface area contributed by atoms with E-state index in [-0.39, 0.29) is 24.8 Å². The number of hydrogen-bond donors (Lipinski definition) is 1. The molecule has 2 rings (SSSR count). The molecule has 1 amide bonds. The maximum Gasteiger partial charge on any atom is 0.425 e. The summed E-state index contributed by atoms with van der Waals surface area (Å²) < 4.78 is 55.3. The summed E-state index contributed by atoms with van der Waals surface area (Å²) in [7, 11) is 0. The van der Waals surface area contributed by atoms with Crippen molar-refractivity contribution in [3.63, 3.8) is 0 Å². The molecular formula is C17H16F4N2O2. The van der Waals surface area contributed by atoms with Crippen LogP contribution in [0.1, 0.15) is 18.1 Å².